The number of benzene rings is 1. The molecule has 3 heteroatoms. The maximum atomic E-state index is 9.94. The van der Waals surface area contributed by atoms with Crippen LogP contribution in [0.2, 0.25) is 0 Å². The van der Waals surface area contributed by atoms with Crippen LogP contribution in [0.5, 0.6) is 0 Å². The Hall–Kier alpha value is -0.380. The fourth-order valence-electron chi connectivity index (χ4n) is 1.56. The van der Waals surface area contributed by atoms with Gasteiger partial charge >= 0.3 is 0 Å². The predicted molar refractivity (Wildman–Crippen MR) is 62.2 cm³/mol. The lowest BCUT2D eigenvalue weighted by Crippen LogP contribution is -2.25. The number of hydrogen-bond acceptors (Lipinski definition) is 2. The second kappa shape index (κ2) is 4.43. The van der Waals surface area contributed by atoms with E-state index in [2.05, 4.69) is 15.9 Å². The van der Waals surface area contributed by atoms with Crippen LogP contribution in [0.15, 0.2) is 16.6 Å². The van der Waals surface area contributed by atoms with Gasteiger partial charge < -0.3 is 10.8 Å². The Kier molecular flexibility index (Phi) is 3.70. The zero-order chi connectivity index (χ0) is 10.9. The van der Waals surface area contributed by atoms with Crippen LogP contribution >= 0.6 is 15.9 Å². The van der Waals surface area contributed by atoms with E-state index in [1.54, 1.807) is 0 Å². The molecule has 1 aromatic carbocycles. The summed E-state index contributed by atoms with van der Waals surface area (Å²) in [5.74, 6) is 0. The first-order chi connectivity index (χ1) is 6.45. The van der Waals surface area contributed by atoms with Crippen molar-refractivity contribution in [1.82, 2.24) is 0 Å². The van der Waals surface area contributed by atoms with Crippen molar-refractivity contribution in [1.29, 1.82) is 0 Å². The van der Waals surface area contributed by atoms with Crippen molar-refractivity contribution in [3.05, 3.63) is 33.3 Å². The maximum absolute atomic E-state index is 9.94. The zero-order valence-corrected chi connectivity index (χ0v) is 10.3. The molecule has 14 heavy (non-hydrogen) atoms. The Morgan fingerprint density at radius 1 is 1.36 bits per heavy atom. The van der Waals surface area contributed by atoms with Crippen LogP contribution < -0.4 is 5.73 Å². The third-order valence-electron chi connectivity index (χ3n) is 2.46. The summed E-state index contributed by atoms with van der Waals surface area (Å²) in [6, 6.07) is 3.72. The van der Waals surface area contributed by atoms with Gasteiger partial charge in [-0.1, -0.05) is 22.0 Å². The monoisotopic (exact) mass is 257 g/mol. The van der Waals surface area contributed by atoms with Gasteiger partial charge in [-0.2, -0.15) is 0 Å². The number of aryl methyl sites for hydroxylation is 1. The largest absolute Gasteiger partial charge is 0.387 e. The van der Waals surface area contributed by atoms with Crippen LogP contribution in [-0.2, 0) is 0 Å². The number of hydrogen-bond donors (Lipinski definition) is 2. The Labute approximate surface area is 93.3 Å². The lowest BCUT2D eigenvalue weighted by Gasteiger charge is -2.20. The van der Waals surface area contributed by atoms with Crippen molar-refractivity contribution in [2.45, 2.75) is 32.9 Å². The van der Waals surface area contributed by atoms with Gasteiger partial charge in [-0.05, 0) is 43.5 Å². The Balaban J connectivity index is 3.25. The maximum Gasteiger partial charge on any atom is 0.0943 e. The Bertz CT molecular complexity index is 336. The summed E-state index contributed by atoms with van der Waals surface area (Å²) in [5.41, 5.74) is 8.77. The molecule has 0 fully saturated rings. The van der Waals surface area contributed by atoms with E-state index in [1.807, 2.05) is 32.9 Å². The van der Waals surface area contributed by atoms with E-state index in [9.17, 15) is 5.11 Å². The normalized spacial score (nSPS) is 15.3. The quantitative estimate of drug-likeness (QED) is 0.855. The minimum absolute atomic E-state index is 0.248. The van der Waals surface area contributed by atoms with Crippen LogP contribution in [-0.4, -0.2) is 11.1 Å². The molecule has 1 rings (SSSR count). The molecule has 0 saturated carbocycles. The molecule has 0 heterocycles. The second-order valence-electron chi connectivity index (χ2n) is 3.71. The first-order valence-electron chi connectivity index (χ1n) is 4.64. The molecular formula is C11H16BrNO. The minimum Gasteiger partial charge on any atom is -0.387 e. The summed E-state index contributed by atoms with van der Waals surface area (Å²) in [5, 5.41) is 9.94. The summed E-state index contributed by atoms with van der Waals surface area (Å²) in [7, 11) is 0. The first kappa shape index (κ1) is 11.7. The molecule has 0 amide bonds. The van der Waals surface area contributed by atoms with E-state index in [0.717, 1.165) is 21.2 Å². The molecule has 0 saturated heterocycles. The third-order valence-corrected chi connectivity index (χ3v) is 3.32. The molecule has 0 bridgehead atoms. The van der Waals surface area contributed by atoms with E-state index in [4.69, 9.17) is 5.73 Å². The summed E-state index contributed by atoms with van der Waals surface area (Å²) < 4.78 is 1.01. The molecule has 0 spiro atoms. The fourth-order valence-corrected chi connectivity index (χ4v) is 1.90. The van der Waals surface area contributed by atoms with Crippen molar-refractivity contribution < 1.29 is 5.11 Å². The standard InChI is InChI=1S/C11H16BrNO/c1-6-4-5-9(12)7(2)10(6)11(14)8(3)13/h4-5,8,11,14H,13H2,1-3H3. The summed E-state index contributed by atoms with van der Waals surface area (Å²) in [6.45, 7) is 5.78. The van der Waals surface area contributed by atoms with Crippen LogP contribution in [0, 0.1) is 13.8 Å². The molecule has 2 nitrogen and oxygen atoms in total. The van der Waals surface area contributed by atoms with Gasteiger partial charge in [0.05, 0.1) is 6.10 Å². The highest BCUT2D eigenvalue weighted by Crippen LogP contribution is 2.28. The molecule has 2 unspecified atom stereocenters. The highest BCUT2D eigenvalue weighted by molar-refractivity contribution is 9.10. The molecule has 3 N–H and O–H groups in total. The Morgan fingerprint density at radius 2 is 1.93 bits per heavy atom. The van der Waals surface area contributed by atoms with Gasteiger partial charge in [0.1, 0.15) is 0 Å². The van der Waals surface area contributed by atoms with Crippen LogP contribution in [0.25, 0.3) is 0 Å². The summed E-state index contributed by atoms with van der Waals surface area (Å²) >= 11 is 3.45. The second-order valence-corrected chi connectivity index (χ2v) is 4.56. The van der Waals surface area contributed by atoms with Gasteiger partial charge in [-0.25, -0.2) is 0 Å². The van der Waals surface area contributed by atoms with E-state index < -0.39 is 6.10 Å². The van der Waals surface area contributed by atoms with Crippen molar-refractivity contribution in [3.63, 3.8) is 0 Å². The average Bonchev–Trinajstić information content (AvgIpc) is 2.12. The van der Waals surface area contributed by atoms with Crippen LogP contribution in [0.4, 0.5) is 0 Å². The minimum atomic E-state index is -0.590. The lowest BCUT2D eigenvalue weighted by molar-refractivity contribution is 0.152. The lowest BCUT2D eigenvalue weighted by atomic mass is 9.95. The van der Waals surface area contributed by atoms with Crippen molar-refractivity contribution in [3.8, 4) is 0 Å². The van der Waals surface area contributed by atoms with Crippen molar-refractivity contribution in [2.24, 2.45) is 5.73 Å². The zero-order valence-electron chi connectivity index (χ0n) is 8.71. The molecule has 0 aliphatic carbocycles. The fraction of sp³-hybridized carbons (Fsp3) is 0.455. The Morgan fingerprint density at radius 3 is 2.43 bits per heavy atom. The molecular weight excluding hydrogens is 242 g/mol. The molecule has 0 radical (unpaired) electrons. The predicted octanol–water partition coefficient (Wildman–Crippen LogP) is 2.45. The summed E-state index contributed by atoms with van der Waals surface area (Å²) in [6.07, 6.45) is -0.590. The van der Waals surface area contributed by atoms with Gasteiger partial charge in [0, 0.05) is 10.5 Å². The molecule has 0 aliphatic rings. The summed E-state index contributed by atoms with van der Waals surface area (Å²) in [4.78, 5) is 0. The van der Waals surface area contributed by atoms with Gasteiger partial charge in [0.25, 0.3) is 0 Å². The highest BCUT2D eigenvalue weighted by atomic mass is 79.9. The smallest absolute Gasteiger partial charge is 0.0943 e. The number of rotatable bonds is 2. The first-order valence-corrected chi connectivity index (χ1v) is 5.43. The number of aliphatic hydroxyl groups is 1. The molecule has 78 valence electrons. The number of aliphatic hydroxyl groups excluding tert-OH is 1. The molecule has 1 aromatic rings. The molecule has 2 atom stereocenters. The van der Waals surface area contributed by atoms with E-state index in [1.165, 1.54) is 0 Å². The van der Waals surface area contributed by atoms with Crippen molar-refractivity contribution >= 4 is 15.9 Å². The van der Waals surface area contributed by atoms with E-state index >= 15 is 0 Å². The SMILES string of the molecule is Cc1ccc(Br)c(C)c1C(O)C(C)N. The average molecular weight is 258 g/mol. The number of nitrogens with two attached hydrogens (primary N) is 1. The van der Waals surface area contributed by atoms with Crippen molar-refractivity contribution in [2.75, 3.05) is 0 Å². The molecule has 0 aromatic heterocycles. The van der Waals surface area contributed by atoms with Gasteiger partial charge in [-0.15, -0.1) is 0 Å². The van der Waals surface area contributed by atoms with Gasteiger partial charge in [0.15, 0.2) is 0 Å². The topological polar surface area (TPSA) is 46.2 Å². The van der Waals surface area contributed by atoms with Crippen LogP contribution in [0.3, 0.4) is 0 Å². The number of halogens is 1. The third kappa shape index (κ3) is 2.16. The highest BCUT2D eigenvalue weighted by Gasteiger charge is 2.18. The van der Waals surface area contributed by atoms with Gasteiger partial charge in [-0.3, -0.25) is 0 Å². The molecule has 0 aliphatic heterocycles. The van der Waals surface area contributed by atoms with Crippen LogP contribution in [0.1, 0.15) is 29.7 Å². The van der Waals surface area contributed by atoms with Gasteiger partial charge in [0.2, 0.25) is 0 Å². The van der Waals surface area contributed by atoms with E-state index in [0.29, 0.717) is 0 Å². The van der Waals surface area contributed by atoms with E-state index in [-0.39, 0.29) is 6.04 Å².